The number of rotatable bonds is 2. The Labute approximate surface area is 96.6 Å². The van der Waals surface area contributed by atoms with E-state index in [0.717, 1.165) is 12.1 Å². The fraction of sp³-hybridized carbons (Fsp3) is 0. The highest BCUT2D eigenvalue weighted by molar-refractivity contribution is 5.68. The second-order valence-corrected chi connectivity index (χ2v) is 3.54. The van der Waals surface area contributed by atoms with Gasteiger partial charge in [0.1, 0.15) is 5.82 Å². The van der Waals surface area contributed by atoms with Gasteiger partial charge in [-0.15, -0.1) is 0 Å². The first-order valence-corrected chi connectivity index (χ1v) is 4.88. The highest BCUT2D eigenvalue weighted by atomic mass is 19.1. The van der Waals surface area contributed by atoms with E-state index in [0.29, 0.717) is 11.3 Å². The second-order valence-electron chi connectivity index (χ2n) is 3.54. The van der Waals surface area contributed by atoms with E-state index in [9.17, 15) is 14.5 Å². The van der Waals surface area contributed by atoms with Gasteiger partial charge in [-0.3, -0.25) is 10.1 Å². The van der Waals surface area contributed by atoms with E-state index in [1.807, 2.05) is 0 Å². The number of nitrogens with two attached hydrogens (primary N) is 1. The van der Waals surface area contributed by atoms with Gasteiger partial charge in [-0.2, -0.15) is 0 Å². The van der Waals surface area contributed by atoms with Crippen molar-refractivity contribution in [3.63, 3.8) is 0 Å². The first kappa shape index (κ1) is 11.1. The van der Waals surface area contributed by atoms with Crippen LogP contribution in [0.2, 0.25) is 0 Å². The minimum absolute atomic E-state index is 0.141. The smallest absolute Gasteiger partial charge is 0.270 e. The number of non-ortho nitro benzene ring substituents is 1. The Bertz CT molecular complexity index is 567. The molecule has 0 amide bonds. The van der Waals surface area contributed by atoms with Gasteiger partial charge in [0, 0.05) is 23.4 Å². The summed E-state index contributed by atoms with van der Waals surface area (Å²) in [5, 5.41) is 10.6. The molecule has 0 spiro atoms. The molecule has 0 fully saturated rings. The highest BCUT2D eigenvalue weighted by Gasteiger charge is 2.11. The second kappa shape index (κ2) is 4.21. The van der Waals surface area contributed by atoms with E-state index in [1.54, 1.807) is 24.3 Å². The maximum atomic E-state index is 13.6. The topological polar surface area (TPSA) is 69.2 Å². The molecule has 0 bridgehead atoms. The van der Waals surface area contributed by atoms with Gasteiger partial charge in [0.25, 0.3) is 5.69 Å². The molecule has 0 aliphatic rings. The Morgan fingerprint density at radius 3 is 2.35 bits per heavy atom. The Balaban J connectivity index is 2.54. The first-order valence-electron chi connectivity index (χ1n) is 4.88. The van der Waals surface area contributed by atoms with Crippen LogP contribution in [0.5, 0.6) is 0 Å². The molecule has 0 heterocycles. The fourth-order valence-electron chi connectivity index (χ4n) is 1.51. The summed E-state index contributed by atoms with van der Waals surface area (Å²) in [6, 6.07) is 9.91. The largest absolute Gasteiger partial charge is 0.399 e. The summed E-state index contributed by atoms with van der Waals surface area (Å²) in [6.07, 6.45) is 0. The van der Waals surface area contributed by atoms with Crippen molar-refractivity contribution in [2.75, 3.05) is 5.73 Å². The van der Waals surface area contributed by atoms with Crippen molar-refractivity contribution in [2.24, 2.45) is 0 Å². The third-order valence-electron chi connectivity index (χ3n) is 2.38. The molecule has 4 nitrogen and oxygen atoms in total. The van der Waals surface area contributed by atoms with Crippen LogP contribution in [0, 0.1) is 15.9 Å². The number of hydrogen-bond donors (Lipinski definition) is 1. The van der Waals surface area contributed by atoms with Crippen LogP contribution in [0.4, 0.5) is 15.8 Å². The monoisotopic (exact) mass is 232 g/mol. The zero-order valence-electron chi connectivity index (χ0n) is 8.76. The van der Waals surface area contributed by atoms with E-state index in [-0.39, 0.29) is 11.3 Å². The van der Waals surface area contributed by atoms with Crippen LogP contribution in [0.25, 0.3) is 11.1 Å². The van der Waals surface area contributed by atoms with Gasteiger partial charge in [-0.05, 0) is 23.8 Å². The lowest BCUT2D eigenvalue weighted by atomic mass is 10.0. The van der Waals surface area contributed by atoms with E-state index in [2.05, 4.69) is 0 Å². The highest BCUT2D eigenvalue weighted by Crippen LogP contribution is 2.27. The van der Waals surface area contributed by atoms with Crippen LogP contribution in [-0.2, 0) is 0 Å². The zero-order chi connectivity index (χ0) is 12.4. The van der Waals surface area contributed by atoms with Crippen LogP contribution < -0.4 is 5.73 Å². The van der Waals surface area contributed by atoms with Gasteiger partial charge in [0.15, 0.2) is 0 Å². The first-order chi connectivity index (χ1) is 8.08. The molecule has 5 heteroatoms. The average Bonchev–Trinajstić information content (AvgIpc) is 2.31. The number of anilines is 1. The molecule has 86 valence electrons. The van der Waals surface area contributed by atoms with Gasteiger partial charge in [-0.1, -0.05) is 12.1 Å². The predicted molar refractivity (Wildman–Crippen MR) is 62.9 cm³/mol. The summed E-state index contributed by atoms with van der Waals surface area (Å²) in [7, 11) is 0. The lowest BCUT2D eigenvalue weighted by molar-refractivity contribution is -0.384. The maximum absolute atomic E-state index is 13.6. The van der Waals surface area contributed by atoms with E-state index < -0.39 is 10.7 Å². The molecule has 0 saturated carbocycles. The van der Waals surface area contributed by atoms with Crippen molar-refractivity contribution in [3.8, 4) is 11.1 Å². The SMILES string of the molecule is Nc1ccc(-c2cc([N+](=O)[O-])ccc2F)cc1. The van der Waals surface area contributed by atoms with Gasteiger partial charge in [0.05, 0.1) is 4.92 Å². The number of hydrogen-bond acceptors (Lipinski definition) is 3. The normalized spacial score (nSPS) is 10.2. The van der Waals surface area contributed by atoms with Crippen LogP contribution in [-0.4, -0.2) is 4.92 Å². The number of benzene rings is 2. The third-order valence-corrected chi connectivity index (χ3v) is 2.38. The average molecular weight is 232 g/mol. The van der Waals surface area contributed by atoms with E-state index in [4.69, 9.17) is 5.73 Å². The molecule has 0 radical (unpaired) electrons. The molecule has 2 aromatic rings. The summed E-state index contributed by atoms with van der Waals surface area (Å²) in [5.74, 6) is -0.500. The third kappa shape index (κ3) is 2.23. The quantitative estimate of drug-likeness (QED) is 0.491. The summed E-state index contributed by atoms with van der Waals surface area (Å²) < 4.78 is 13.6. The Kier molecular flexibility index (Phi) is 2.74. The summed E-state index contributed by atoms with van der Waals surface area (Å²) in [5.41, 5.74) is 6.68. The molecule has 0 atom stereocenters. The molecular formula is C12H9FN2O2. The summed E-state index contributed by atoms with van der Waals surface area (Å²) >= 11 is 0. The van der Waals surface area contributed by atoms with Gasteiger partial charge in [0.2, 0.25) is 0 Å². The Morgan fingerprint density at radius 2 is 1.76 bits per heavy atom. The number of nitro groups is 1. The van der Waals surface area contributed by atoms with Crippen molar-refractivity contribution in [3.05, 3.63) is 58.4 Å². The van der Waals surface area contributed by atoms with E-state index in [1.165, 1.54) is 6.07 Å². The van der Waals surface area contributed by atoms with Crippen molar-refractivity contribution < 1.29 is 9.31 Å². The van der Waals surface area contributed by atoms with Gasteiger partial charge >= 0.3 is 0 Å². The van der Waals surface area contributed by atoms with Crippen molar-refractivity contribution in [1.82, 2.24) is 0 Å². The molecule has 0 aliphatic carbocycles. The van der Waals surface area contributed by atoms with Crippen LogP contribution >= 0.6 is 0 Å². The minimum Gasteiger partial charge on any atom is -0.399 e. The molecule has 2 aromatic carbocycles. The molecule has 0 aliphatic heterocycles. The molecule has 17 heavy (non-hydrogen) atoms. The van der Waals surface area contributed by atoms with Gasteiger partial charge < -0.3 is 5.73 Å². The molecule has 0 saturated heterocycles. The number of nitrogen functional groups attached to an aromatic ring is 1. The number of nitro benzene ring substituents is 1. The van der Waals surface area contributed by atoms with Crippen LogP contribution in [0.1, 0.15) is 0 Å². The number of halogens is 1. The molecular weight excluding hydrogens is 223 g/mol. The van der Waals surface area contributed by atoms with Crippen molar-refractivity contribution in [2.45, 2.75) is 0 Å². The zero-order valence-corrected chi connectivity index (χ0v) is 8.76. The van der Waals surface area contributed by atoms with Crippen LogP contribution in [0.15, 0.2) is 42.5 Å². The Hall–Kier alpha value is -2.43. The lowest BCUT2D eigenvalue weighted by Gasteiger charge is -2.03. The lowest BCUT2D eigenvalue weighted by Crippen LogP contribution is -1.91. The van der Waals surface area contributed by atoms with Gasteiger partial charge in [-0.25, -0.2) is 4.39 Å². The van der Waals surface area contributed by atoms with Crippen molar-refractivity contribution in [1.29, 1.82) is 0 Å². The predicted octanol–water partition coefficient (Wildman–Crippen LogP) is 2.98. The molecule has 0 aromatic heterocycles. The van der Waals surface area contributed by atoms with E-state index >= 15 is 0 Å². The maximum Gasteiger partial charge on any atom is 0.270 e. The Morgan fingerprint density at radius 1 is 1.12 bits per heavy atom. The molecule has 2 N–H and O–H groups in total. The summed E-state index contributed by atoms with van der Waals surface area (Å²) in [6.45, 7) is 0. The van der Waals surface area contributed by atoms with Crippen LogP contribution in [0.3, 0.4) is 0 Å². The standard InChI is InChI=1S/C12H9FN2O2/c13-12-6-5-10(15(16)17)7-11(12)8-1-3-9(14)4-2-8/h1-7H,14H2. The minimum atomic E-state index is -0.555. The summed E-state index contributed by atoms with van der Waals surface area (Å²) in [4.78, 5) is 10.1. The number of nitrogens with zero attached hydrogens (tertiary/aromatic N) is 1. The molecule has 2 rings (SSSR count). The van der Waals surface area contributed by atoms with Crippen molar-refractivity contribution >= 4 is 11.4 Å². The fourth-order valence-corrected chi connectivity index (χ4v) is 1.51. The molecule has 0 unspecified atom stereocenters.